The molecule has 0 aromatic heterocycles. The van der Waals surface area contributed by atoms with Crippen LogP contribution >= 0.6 is 0 Å². The van der Waals surface area contributed by atoms with Crippen LogP contribution < -0.4 is 10.6 Å². The van der Waals surface area contributed by atoms with Gasteiger partial charge in [0, 0.05) is 24.2 Å². The van der Waals surface area contributed by atoms with Crippen LogP contribution in [0.3, 0.4) is 0 Å². The summed E-state index contributed by atoms with van der Waals surface area (Å²) in [6.45, 7) is 0.244. The number of hydrogen-bond donors (Lipinski definition) is 2. The average molecular weight is 582 g/mol. The molecule has 216 valence electrons. The molecule has 4 rings (SSSR count). The van der Waals surface area contributed by atoms with Crippen LogP contribution in [0.1, 0.15) is 41.6 Å². The Morgan fingerprint density at radius 3 is 2.42 bits per heavy atom. The number of rotatable bonds is 7. The highest BCUT2D eigenvalue weighted by molar-refractivity contribution is 7.91. The van der Waals surface area contributed by atoms with Gasteiger partial charge in [0.2, 0.25) is 5.91 Å². The molecule has 40 heavy (non-hydrogen) atoms. The van der Waals surface area contributed by atoms with E-state index in [1.165, 1.54) is 25.3 Å². The Labute approximate surface area is 230 Å². The summed E-state index contributed by atoms with van der Waals surface area (Å²) in [5, 5.41) is 5.25. The highest BCUT2D eigenvalue weighted by atomic mass is 32.2. The number of benzene rings is 2. The van der Waals surface area contributed by atoms with Gasteiger partial charge in [-0.3, -0.25) is 9.59 Å². The lowest BCUT2D eigenvalue weighted by molar-refractivity contribution is -0.137. The zero-order valence-corrected chi connectivity index (χ0v) is 22.5. The molecule has 0 radical (unpaired) electrons. The van der Waals surface area contributed by atoms with Crippen molar-refractivity contribution >= 4 is 27.7 Å². The van der Waals surface area contributed by atoms with Crippen LogP contribution in [0.15, 0.2) is 59.5 Å². The Morgan fingerprint density at radius 2 is 1.75 bits per heavy atom. The Kier molecular flexibility index (Phi) is 8.71. The van der Waals surface area contributed by atoms with Gasteiger partial charge in [-0.2, -0.15) is 13.2 Å². The maximum Gasteiger partial charge on any atom is 0.416 e. The van der Waals surface area contributed by atoms with Crippen molar-refractivity contribution < 1.29 is 40.7 Å². The Morgan fingerprint density at radius 1 is 1.02 bits per heavy atom. The molecule has 2 fully saturated rings. The fourth-order valence-corrected chi connectivity index (χ4v) is 7.13. The molecule has 9 nitrogen and oxygen atoms in total. The van der Waals surface area contributed by atoms with Crippen molar-refractivity contribution in [1.29, 1.82) is 0 Å². The topological polar surface area (TPSA) is 122 Å². The number of amides is 3. The van der Waals surface area contributed by atoms with Gasteiger partial charge in [0.1, 0.15) is 6.04 Å². The van der Waals surface area contributed by atoms with Gasteiger partial charge < -0.3 is 20.3 Å². The molecule has 1 saturated heterocycles. The predicted octanol–water partition coefficient (Wildman–Crippen LogP) is 3.40. The summed E-state index contributed by atoms with van der Waals surface area (Å²) in [5.74, 6) is -2.01. The number of ether oxygens (including phenoxy) is 1. The summed E-state index contributed by atoms with van der Waals surface area (Å²) >= 11 is 0. The molecule has 0 bridgehead atoms. The van der Waals surface area contributed by atoms with E-state index in [0.717, 1.165) is 18.2 Å². The van der Waals surface area contributed by atoms with Crippen LogP contribution in [-0.2, 0) is 25.5 Å². The SMILES string of the molecule is COC(=O)N[C@@H]1CCC(N2CC[C@H](NC(=O)c3cccc(C(F)(F)F)c3)C2=O)[C@H](CS(=O)(=O)c2ccccc2)C1. The largest absolute Gasteiger partial charge is 0.453 e. The lowest BCUT2D eigenvalue weighted by Gasteiger charge is -2.41. The first kappa shape index (κ1) is 29.4. The number of nitrogens with one attached hydrogen (secondary N) is 2. The van der Waals surface area contributed by atoms with E-state index in [0.29, 0.717) is 12.8 Å². The van der Waals surface area contributed by atoms with Crippen molar-refractivity contribution in [2.45, 2.75) is 54.9 Å². The van der Waals surface area contributed by atoms with Gasteiger partial charge >= 0.3 is 12.3 Å². The van der Waals surface area contributed by atoms with E-state index in [1.807, 2.05) is 0 Å². The minimum absolute atomic E-state index is 0.149. The van der Waals surface area contributed by atoms with Crippen LogP contribution in [0.5, 0.6) is 0 Å². The third-order valence-electron chi connectivity index (χ3n) is 7.38. The van der Waals surface area contributed by atoms with Crippen LogP contribution in [0, 0.1) is 5.92 Å². The number of nitrogens with zero attached hydrogens (tertiary/aromatic N) is 1. The summed E-state index contributed by atoms with van der Waals surface area (Å²) in [6.07, 6.45) is -3.86. The lowest BCUT2D eigenvalue weighted by atomic mass is 9.81. The first-order valence-corrected chi connectivity index (χ1v) is 14.4. The summed E-state index contributed by atoms with van der Waals surface area (Å²) in [6, 6.07) is 10.1. The monoisotopic (exact) mass is 581 g/mol. The second-order valence-electron chi connectivity index (χ2n) is 9.99. The number of alkyl halides is 3. The summed E-state index contributed by atoms with van der Waals surface area (Å²) < 4.78 is 70.4. The van der Waals surface area contributed by atoms with Crippen molar-refractivity contribution in [3.05, 3.63) is 65.7 Å². The standard InChI is InChI=1S/C27H30F3N3O6S/c1-39-26(36)31-20-10-11-23(18(15-20)16-40(37,38)21-8-3-2-4-9-21)33-13-12-22(25(33)35)32-24(34)17-6-5-7-19(14-17)27(28,29)30/h2-9,14,18,20,22-23H,10-13,15-16H2,1H3,(H,31,36)(H,32,34)/t18-,20+,22-,23?/m0/s1. The number of sulfone groups is 1. The number of hydrogen-bond acceptors (Lipinski definition) is 6. The number of alkyl carbamates (subject to hydrolysis) is 1. The summed E-state index contributed by atoms with van der Waals surface area (Å²) in [4.78, 5) is 39.6. The van der Waals surface area contributed by atoms with Crippen LogP contribution in [0.2, 0.25) is 0 Å². The minimum Gasteiger partial charge on any atom is -0.453 e. The third kappa shape index (κ3) is 6.75. The van der Waals surface area contributed by atoms with E-state index in [9.17, 15) is 36.0 Å². The predicted molar refractivity (Wildman–Crippen MR) is 138 cm³/mol. The van der Waals surface area contributed by atoms with Crippen molar-refractivity contribution in [3.63, 3.8) is 0 Å². The van der Waals surface area contributed by atoms with Gasteiger partial charge in [0.15, 0.2) is 9.84 Å². The van der Waals surface area contributed by atoms with Gasteiger partial charge in [-0.05, 0) is 61.9 Å². The number of carbonyl (C=O) groups excluding carboxylic acids is 3. The van der Waals surface area contributed by atoms with Gasteiger partial charge in [0.25, 0.3) is 5.91 Å². The molecule has 0 spiro atoms. The molecule has 2 aromatic carbocycles. The summed E-state index contributed by atoms with van der Waals surface area (Å²) in [5.41, 5.74) is -1.19. The molecular formula is C27H30F3N3O6S. The molecule has 1 aliphatic heterocycles. The second kappa shape index (κ2) is 11.9. The van der Waals surface area contributed by atoms with Crippen LogP contribution in [0.4, 0.5) is 18.0 Å². The van der Waals surface area contributed by atoms with E-state index in [1.54, 1.807) is 23.1 Å². The van der Waals surface area contributed by atoms with Gasteiger partial charge in [-0.25, -0.2) is 13.2 Å². The summed E-state index contributed by atoms with van der Waals surface area (Å²) in [7, 11) is -2.49. The zero-order chi connectivity index (χ0) is 29.1. The number of methoxy groups -OCH3 is 1. The molecule has 2 aromatic rings. The Balaban J connectivity index is 1.50. The van der Waals surface area contributed by atoms with Crippen molar-refractivity contribution in [3.8, 4) is 0 Å². The normalized spacial score (nSPS) is 23.5. The van der Waals surface area contributed by atoms with Gasteiger partial charge in [-0.15, -0.1) is 0 Å². The molecule has 1 heterocycles. The number of carbonyl (C=O) groups is 3. The molecular weight excluding hydrogens is 551 g/mol. The number of likely N-dealkylation sites (tertiary alicyclic amines) is 1. The van der Waals surface area contributed by atoms with E-state index < -0.39 is 57.5 Å². The van der Waals surface area contributed by atoms with E-state index >= 15 is 0 Å². The molecule has 2 aliphatic rings. The smallest absolute Gasteiger partial charge is 0.416 e. The van der Waals surface area contributed by atoms with Crippen molar-refractivity contribution in [2.24, 2.45) is 5.92 Å². The molecule has 4 atom stereocenters. The van der Waals surface area contributed by atoms with Crippen LogP contribution in [0.25, 0.3) is 0 Å². The van der Waals surface area contributed by atoms with Crippen LogP contribution in [-0.4, -0.2) is 68.8 Å². The molecule has 1 unspecified atom stereocenters. The number of halogens is 3. The molecule has 13 heteroatoms. The lowest BCUT2D eigenvalue weighted by Crippen LogP contribution is -2.52. The first-order valence-electron chi connectivity index (χ1n) is 12.8. The van der Waals surface area contributed by atoms with Gasteiger partial charge in [-0.1, -0.05) is 24.3 Å². The second-order valence-corrected chi connectivity index (χ2v) is 12.0. The molecule has 2 N–H and O–H groups in total. The van der Waals surface area contributed by atoms with Crippen molar-refractivity contribution in [2.75, 3.05) is 19.4 Å². The van der Waals surface area contributed by atoms with Crippen molar-refractivity contribution in [1.82, 2.24) is 15.5 Å². The third-order valence-corrected chi connectivity index (χ3v) is 9.24. The highest BCUT2D eigenvalue weighted by Crippen LogP contribution is 2.34. The van der Waals surface area contributed by atoms with E-state index in [4.69, 9.17) is 0 Å². The quantitative estimate of drug-likeness (QED) is 0.517. The minimum atomic E-state index is -4.62. The van der Waals surface area contributed by atoms with Gasteiger partial charge in [0.05, 0.1) is 23.3 Å². The zero-order valence-electron chi connectivity index (χ0n) is 21.7. The average Bonchev–Trinajstić information content (AvgIpc) is 3.28. The maximum atomic E-state index is 13.4. The first-order chi connectivity index (χ1) is 18.9. The molecule has 1 saturated carbocycles. The molecule has 1 aliphatic carbocycles. The Hall–Kier alpha value is -3.61. The van der Waals surface area contributed by atoms with E-state index in [-0.39, 0.29) is 41.6 Å². The maximum absolute atomic E-state index is 13.4. The Bertz CT molecular complexity index is 1350. The highest BCUT2D eigenvalue weighted by Gasteiger charge is 2.44. The molecule has 3 amide bonds. The van der Waals surface area contributed by atoms with E-state index in [2.05, 4.69) is 15.4 Å². The fourth-order valence-electron chi connectivity index (χ4n) is 5.44. The fraction of sp³-hybridized carbons (Fsp3) is 0.444.